The van der Waals surface area contributed by atoms with Gasteiger partial charge in [0, 0.05) is 39.3 Å². The highest BCUT2D eigenvalue weighted by atomic mass is 35.5. The fourth-order valence-corrected chi connectivity index (χ4v) is 4.98. The molecule has 0 bridgehead atoms. The van der Waals surface area contributed by atoms with E-state index in [1.807, 2.05) is 17.5 Å². The smallest absolute Gasteiger partial charge is 0.265 e. The molecule has 32 heavy (non-hydrogen) atoms. The van der Waals surface area contributed by atoms with E-state index >= 15 is 0 Å². The second kappa shape index (κ2) is 8.47. The summed E-state index contributed by atoms with van der Waals surface area (Å²) < 4.78 is 1.63. The Bertz CT molecular complexity index is 1370. The highest BCUT2D eigenvalue weighted by Gasteiger charge is 2.25. The van der Waals surface area contributed by atoms with E-state index in [0.717, 1.165) is 28.9 Å². The lowest BCUT2D eigenvalue weighted by Gasteiger charge is -2.21. The third-order valence-corrected chi connectivity index (χ3v) is 6.80. The highest BCUT2D eigenvalue weighted by Crippen LogP contribution is 2.31. The number of benzene rings is 2. The van der Waals surface area contributed by atoms with E-state index in [9.17, 15) is 14.7 Å². The van der Waals surface area contributed by atoms with Crippen molar-refractivity contribution in [3.8, 4) is 27.5 Å². The van der Waals surface area contributed by atoms with Crippen molar-refractivity contribution in [2.24, 2.45) is 0 Å². The predicted molar refractivity (Wildman–Crippen MR) is 127 cm³/mol. The van der Waals surface area contributed by atoms with E-state index in [-0.39, 0.29) is 17.9 Å². The normalized spacial score (nSPS) is 13.2. The largest absolute Gasteiger partial charge is 0.392 e. The fraction of sp³-hybridized carbons (Fsp3) is 0.160. The number of halogens is 1. The van der Waals surface area contributed by atoms with Crippen LogP contribution in [0.2, 0.25) is 5.02 Å². The fourth-order valence-electron chi connectivity index (χ4n) is 4.02. The SMILES string of the molecule is O=C1CCCc2c1cc(-c1nc(-c3ccc(Cl)cc3)cs1)c(=O)n2-c1ccc(CO)cc1. The number of Topliss-reactive ketones (excluding diaryl/α,β-unsaturated/α-hetero) is 1. The first-order valence-electron chi connectivity index (χ1n) is 10.3. The molecule has 0 spiro atoms. The summed E-state index contributed by atoms with van der Waals surface area (Å²) >= 11 is 7.37. The van der Waals surface area contributed by atoms with Crippen molar-refractivity contribution >= 4 is 28.7 Å². The number of carbonyl (C=O) groups excluding carboxylic acids is 1. The first-order chi connectivity index (χ1) is 15.5. The maximum absolute atomic E-state index is 13.6. The molecule has 5 nitrogen and oxygen atoms in total. The number of aliphatic hydroxyl groups excluding tert-OH is 1. The maximum Gasteiger partial charge on any atom is 0.265 e. The van der Waals surface area contributed by atoms with Crippen LogP contribution in [0.5, 0.6) is 0 Å². The predicted octanol–water partition coefficient (Wildman–Crippen LogP) is 5.29. The van der Waals surface area contributed by atoms with Crippen molar-refractivity contribution < 1.29 is 9.90 Å². The number of rotatable bonds is 4. The number of carbonyl (C=O) groups is 1. The summed E-state index contributed by atoms with van der Waals surface area (Å²) in [7, 11) is 0. The molecule has 0 atom stereocenters. The third kappa shape index (κ3) is 3.71. The number of nitrogens with zero attached hydrogens (tertiary/aromatic N) is 2. The summed E-state index contributed by atoms with van der Waals surface area (Å²) in [4.78, 5) is 31.1. The van der Waals surface area contributed by atoms with Gasteiger partial charge >= 0.3 is 0 Å². The van der Waals surface area contributed by atoms with Gasteiger partial charge in [-0.25, -0.2) is 4.98 Å². The van der Waals surface area contributed by atoms with Gasteiger partial charge in [-0.2, -0.15) is 0 Å². The highest BCUT2D eigenvalue weighted by molar-refractivity contribution is 7.13. The Morgan fingerprint density at radius 2 is 1.75 bits per heavy atom. The zero-order valence-electron chi connectivity index (χ0n) is 17.0. The molecular formula is C25H19ClN2O3S. The molecule has 5 rings (SSSR count). The van der Waals surface area contributed by atoms with Crippen LogP contribution in [0.3, 0.4) is 0 Å². The van der Waals surface area contributed by atoms with Crippen molar-refractivity contribution in [2.75, 3.05) is 0 Å². The van der Waals surface area contributed by atoms with Crippen molar-refractivity contribution in [3.05, 3.63) is 92.2 Å². The number of fused-ring (bicyclic) bond motifs is 1. The summed E-state index contributed by atoms with van der Waals surface area (Å²) in [5.74, 6) is 0.0442. The standard InChI is InChI=1S/C25H19ClN2O3S/c26-17-8-6-16(7-9-17)21-14-32-24(27-21)20-12-19-22(2-1-3-23(19)30)28(25(20)31)18-10-4-15(13-29)5-11-18/h4-12,14,29H,1-3,13H2. The second-order valence-electron chi connectivity index (χ2n) is 7.71. The summed E-state index contributed by atoms with van der Waals surface area (Å²) in [5.41, 5.74) is 4.63. The van der Waals surface area contributed by atoms with Gasteiger partial charge in [-0.05, 0) is 48.7 Å². The topological polar surface area (TPSA) is 72.2 Å². The van der Waals surface area contributed by atoms with Gasteiger partial charge in [0.25, 0.3) is 5.56 Å². The van der Waals surface area contributed by atoms with Gasteiger partial charge in [0.1, 0.15) is 5.01 Å². The monoisotopic (exact) mass is 462 g/mol. The summed E-state index contributed by atoms with van der Waals surface area (Å²) in [6.07, 6.45) is 1.85. The molecule has 1 aliphatic carbocycles. The number of ketones is 1. The summed E-state index contributed by atoms with van der Waals surface area (Å²) in [5, 5.41) is 12.5. The molecule has 7 heteroatoms. The molecule has 0 amide bonds. The molecule has 2 heterocycles. The first kappa shape index (κ1) is 20.8. The molecule has 0 aliphatic heterocycles. The van der Waals surface area contributed by atoms with Crippen LogP contribution in [0.4, 0.5) is 0 Å². The Morgan fingerprint density at radius 3 is 2.47 bits per heavy atom. The molecule has 0 unspecified atom stereocenters. The molecule has 2 aromatic carbocycles. The van der Waals surface area contributed by atoms with Gasteiger partial charge in [0.15, 0.2) is 5.78 Å². The van der Waals surface area contributed by atoms with E-state index in [2.05, 4.69) is 0 Å². The van der Waals surface area contributed by atoms with Crippen LogP contribution < -0.4 is 5.56 Å². The van der Waals surface area contributed by atoms with E-state index in [1.54, 1.807) is 47.0 Å². The minimum Gasteiger partial charge on any atom is -0.392 e. The molecule has 160 valence electrons. The Balaban J connectivity index is 1.68. The maximum atomic E-state index is 13.6. The third-order valence-electron chi connectivity index (χ3n) is 5.67. The van der Waals surface area contributed by atoms with E-state index in [0.29, 0.717) is 39.7 Å². The van der Waals surface area contributed by atoms with Gasteiger partial charge in [0.2, 0.25) is 0 Å². The van der Waals surface area contributed by atoms with Crippen molar-refractivity contribution in [1.29, 1.82) is 0 Å². The summed E-state index contributed by atoms with van der Waals surface area (Å²) in [6, 6.07) is 16.3. The Labute approximate surface area is 193 Å². The molecule has 0 saturated heterocycles. The van der Waals surface area contributed by atoms with Gasteiger partial charge in [-0.1, -0.05) is 35.9 Å². The molecule has 1 aliphatic rings. The lowest BCUT2D eigenvalue weighted by molar-refractivity contribution is 0.0971. The average Bonchev–Trinajstić information content (AvgIpc) is 3.30. The number of hydrogen-bond acceptors (Lipinski definition) is 5. The van der Waals surface area contributed by atoms with Crippen molar-refractivity contribution in [1.82, 2.24) is 9.55 Å². The Hall–Kier alpha value is -3.06. The van der Waals surface area contributed by atoms with Crippen LogP contribution in [0.25, 0.3) is 27.5 Å². The molecule has 1 N–H and O–H groups in total. The minimum absolute atomic E-state index is 0.0442. The number of pyridine rings is 1. The van der Waals surface area contributed by atoms with Gasteiger partial charge in [0.05, 0.1) is 17.9 Å². The van der Waals surface area contributed by atoms with Crippen LogP contribution >= 0.6 is 22.9 Å². The molecule has 0 saturated carbocycles. The molecular weight excluding hydrogens is 444 g/mol. The number of hydrogen-bond donors (Lipinski definition) is 1. The van der Waals surface area contributed by atoms with Crippen LogP contribution in [-0.2, 0) is 13.0 Å². The zero-order valence-corrected chi connectivity index (χ0v) is 18.6. The van der Waals surface area contributed by atoms with Crippen molar-refractivity contribution in [3.63, 3.8) is 0 Å². The first-order valence-corrected chi connectivity index (χ1v) is 11.5. The van der Waals surface area contributed by atoms with Crippen LogP contribution in [0, 0.1) is 0 Å². The quantitative estimate of drug-likeness (QED) is 0.447. The number of aliphatic hydroxyl groups is 1. The van der Waals surface area contributed by atoms with Crippen molar-refractivity contribution in [2.45, 2.75) is 25.9 Å². The molecule has 0 radical (unpaired) electrons. The molecule has 4 aromatic rings. The number of aromatic nitrogens is 2. The second-order valence-corrected chi connectivity index (χ2v) is 9.00. The lowest BCUT2D eigenvalue weighted by atomic mass is 9.93. The Kier molecular flexibility index (Phi) is 5.51. The minimum atomic E-state index is -0.202. The van der Waals surface area contributed by atoms with Crippen LogP contribution in [-0.4, -0.2) is 20.4 Å². The van der Waals surface area contributed by atoms with Gasteiger partial charge in [-0.3, -0.25) is 14.2 Å². The summed E-state index contributed by atoms with van der Waals surface area (Å²) in [6.45, 7) is -0.0710. The zero-order chi connectivity index (χ0) is 22.2. The lowest BCUT2D eigenvalue weighted by Crippen LogP contribution is -2.28. The van der Waals surface area contributed by atoms with E-state index in [4.69, 9.17) is 16.6 Å². The number of thiazole rings is 1. The van der Waals surface area contributed by atoms with Gasteiger partial charge in [-0.15, -0.1) is 11.3 Å². The molecule has 0 fully saturated rings. The molecule has 2 aromatic heterocycles. The van der Waals surface area contributed by atoms with Crippen LogP contribution in [0.15, 0.2) is 64.8 Å². The van der Waals surface area contributed by atoms with Crippen LogP contribution in [0.1, 0.15) is 34.5 Å². The average molecular weight is 463 g/mol. The Morgan fingerprint density at radius 1 is 1.00 bits per heavy atom. The van der Waals surface area contributed by atoms with E-state index in [1.165, 1.54) is 11.3 Å². The van der Waals surface area contributed by atoms with E-state index < -0.39 is 0 Å². The van der Waals surface area contributed by atoms with Gasteiger partial charge < -0.3 is 5.11 Å².